The maximum Gasteiger partial charge on any atom is 0.265 e. The summed E-state index contributed by atoms with van der Waals surface area (Å²) in [5.74, 6) is -0.303. The fraction of sp³-hybridized carbons (Fsp3) is 0.444. The molecule has 0 spiro atoms. The third kappa shape index (κ3) is 4.37. The molecular weight excluding hydrogens is 218 g/mol. The Morgan fingerprint density at radius 3 is 2.67 bits per heavy atom. The Hall–Kier alpha value is -0.980. The molecule has 0 aromatic carbocycles. The third-order valence-corrected chi connectivity index (χ3v) is 2.71. The summed E-state index contributed by atoms with van der Waals surface area (Å²) in [6.45, 7) is 0.412. The van der Waals surface area contributed by atoms with Gasteiger partial charge in [0.1, 0.15) is 6.61 Å². The molecule has 0 fully saturated rings. The predicted octanol–water partition coefficient (Wildman–Crippen LogP) is -0.603. The van der Waals surface area contributed by atoms with Gasteiger partial charge >= 0.3 is 0 Å². The van der Waals surface area contributed by atoms with Gasteiger partial charge in [0.15, 0.2) is 18.4 Å². The van der Waals surface area contributed by atoms with E-state index >= 15 is 0 Å². The lowest BCUT2D eigenvalue weighted by Gasteiger charge is -2.01. The highest BCUT2D eigenvalue weighted by atomic mass is 32.2. The van der Waals surface area contributed by atoms with Gasteiger partial charge in [-0.25, -0.2) is 4.57 Å². The van der Waals surface area contributed by atoms with Crippen LogP contribution in [0, 0.1) is 0 Å². The summed E-state index contributed by atoms with van der Waals surface area (Å²) < 4.78 is 31.5. The van der Waals surface area contributed by atoms with E-state index in [9.17, 15) is 8.42 Å². The first-order valence-electron chi connectivity index (χ1n) is 4.56. The summed E-state index contributed by atoms with van der Waals surface area (Å²) in [7, 11) is -3.93. The lowest BCUT2D eigenvalue weighted by molar-refractivity contribution is -0.705. The fourth-order valence-electron chi connectivity index (χ4n) is 1.30. The molecule has 0 aliphatic heterocycles. The zero-order valence-electron chi connectivity index (χ0n) is 8.20. The number of aromatic nitrogens is 1. The number of hydrogen-bond acceptors (Lipinski definition) is 3. The van der Waals surface area contributed by atoms with Crippen molar-refractivity contribution < 1.29 is 22.6 Å². The smallest absolute Gasteiger partial charge is 0.265 e. The van der Waals surface area contributed by atoms with Gasteiger partial charge in [0, 0.05) is 18.6 Å². The highest BCUT2D eigenvalue weighted by Crippen LogP contribution is 1.96. The monoisotopic (exact) mass is 232 g/mol. The van der Waals surface area contributed by atoms with Crippen LogP contribution in [0.15, 0.2) is 24.4 Å². The Kier molecular flexibility index (Phi) is 4.19. The summed E-state index contributed by atoms with van der Waals surface area (Å²) in [6, 6.07) is 5.35. The van der Waals surface area contributed by atoms with Crippen molar-refractivity contribution in [3.63, 3.8) is 0 Å². The van der Waals surface area contributed by atoms with Crippen molar-refractivity contribution in [2.45, 2.75) is 13.0 Å². The minimum Gasteiger partial charge on any atom is -0.390 e. The SMILES string of the molecule is O=S(=O)(O)CCc1cccc[n+]1CCO. The van der Waals surface area contributed by atoms with Gasteiger partial charge in [0.05, 0.1) is 5.75 Å². The largest absolute Gasteiger partial charge is 0.390 e. The summed E-state index contributed by atoms with van der Waals surface area (Å²) in [5, 5.41) is 8.78. The van der Waals surface area contributed by atoms with Gasteiger partial charge in [0.2, 0.25) is 0 Å². The minimum absolute atomic E-state index is 0.00639. The molecule has 1 aromatic rings. The van der Waals surface area contributed by atoms with E-state index in [1.54, 1.807) is 29.0 Å². The van der Waals surface area contributed by atoms with Crippen LogP contribution in [0.1, 0.15) is 5.69 Å². The maximum atomic E-state index is 10.6. The molecular formula is C9H14NO4S+. The molecule has 0 bridgehead atoms. The highest BCUT2D eigenvalue weighted by molar-refractivity contribution is 7.85. The predicted molar refractivity (Wildman–Crippen MR) is 53.8 cm³/mol. The molecule has 1 heterocycles. The summed E-state index contributed by atoms with van der Waals surface area (Å²) >= 11 is 0. The zero-order chi connectivity index (χ0) is 11.3. The molecule has 5 nitrogen and oxygen atoms in total. The van der Waals surface area contributed by atoms with E-state index in [2.05, 4.69) is 0 Å². The van der Waals surface area contributed by atoms with Crippen LogP contribution in [-0.2, 0) is 23.1 Å². The minimum atomic E-state index is -3.93. The molecule has 0 saturated heterocycles. The second-order valence-electron chi connectivity index (χ2n) is 3.15. The van der Waals surface area contributed by atoms with E-state index in [-0.39, 0.29) is 18.8 Å². The quantitative estimate of drug-likeness (QED) is 0.525. The number of aryl methyl sites for hydroxylation is 1. The van der Waals surface area contributed by atoms with Crippen molar-refractivity contribution in [1.82, 2.24) is 0 Å². The van der Waals surface area contributed by atoms with E-state index in [1.807, 2.05) is 0 Å². The van der Waals surface area contributed by atoms with Crippen LogP contribution in [-0.4, -0.2) is 30.4 Å². The molecule has 0 aliphatic rings. The number of nitrogens with zero attached hydrogens (tertiary/aromatic N) is 1. The summed E-state index contributed by atoms with van der Waals surface area (Å²) in [4.78, 5) is 0. The lowest BCUT2D eigenvalue weighted by Crippen LogP contribution is -2.40. The average Bonchev–Trinajstić information content (AvgIpc) is 2.16. The topological polar surface area (TPSA) is 78.5 Å². The van der Waals surface area contributed by atoms with Gasteiger partial charge < -0.3 is 5.11 Å². The first-order chi connectivity index (χ1) is 7.03. The van der Waals surface area contributed by atoms with Crippen molar-refractivity contribution in [3.8, 4) is 0 Å². The van der Waals surface area contributed by atoms with Gasteiger partial charge in [-0.1, -0.05) is 6.07 Å². The molecule has 6 heteroatoms. The molecule has 0 amide bonds. The standard InChI is InChI=1S/C9H13NO4S/c11-7-6-10-5-2-1-3-9(10)4-8-15(12,13)14/h1-3,5,11H,4,6-8H2/p+1. The number of aliphatic hydroxyl groups excluding tert-OH is 1. The van der Waals surface area contributed by atoms with Gasteiger partial charge in [-0.3, -0.25) is 4.55 Å². The van der Waals surface area contributed by atoms with Crippen LogP contribution in [0.5, 0.6) is 0 Å². The van der Waals surface area contributed by atoms with E-state index < -0.39 is 10.1 Å². The lowest BCUT2D eigenvalue weighted by atomic mass is 10.3. The summed E-state index contributed by atoms with van der Waals surface area (Å²) in [5.41, 5.74) is 0.768. The number of pyridine rings is 1. The third-order valence-electron chi connectivity index (χ3n) is 1.99. The number of aliphatic hydroxyl groups is 1. The maximum absolute atomic E-state index is 10.6. The molecule has 0 atom stereocenters. The Morgan fingerprint density at radius 2 is 2.07 bits per heavy atom. The Labute approximate surface area is 88.7 Å². The van der Waals surface area contributed by atoms with Crippen LogP contribution >= 0.6 is 0 Å². The molecule has 15 heavy (non-hydrogen) atoms. The molecule has 0 radical (unpaired) electrons. The zero-order valence-corrected chi connectivity index (χ0v) is 9.02. The molecule has 0 unspecified atom stereocenters. The van der Waals surface area contributed by atoms with Crippen LogP contribution < -0.4 is 4.57 Å². The number of rotatable bonds is 5. The van der Waals surface area contributed by atoms with Crippen LogP contribution in [0.3, 0.4) is 0 Å². The van der Waals surface area contributed by atoms with Crippen LogP contribution in [0.4, 0.5) is 0 Å². The van der Waals surface area contributed by atoms with E-state index in [0.29, 0.717) is 6.54 Å². The second kappa shape index (κ2) is 5.20. The molecule has 0 aliphatic carbocycles. The van der Waals surface area contributed by atoms with Crippen molar-refractivity contribution in [2.24, 2.45) is 0 Å². The number of hydrogen-bond donors (Lipinski definition) is 2. The molecule has 0 saturated carbocycles. The fourth-order valence-corrected chi connectivity index (χ4v) is 1.77. The molecule has 1 aromatic heterocycles. The van der Waals surface area contributed by atoms with E-state index in [0.717, 1.165) is 5.69 Å². The Morgan fingerprint density at radius 1 is 1.33 bits per heavy atom. The molecule has 84 valence electrons. The first kappa shape index (κ1) is 12.1. The van der Waals surface area contributed by atoms with Crippen LogP contribution in [0.2, 0.25) is 0 Å². The van der Waals surface area contributed by atoms with Gasteiger partial charge in [0.25, 0.3) is 10.1 Å². The second-order valence-corrected chi connectivity index (χ2v) is 4.72. The Balaban J connectivity index is 2.75. The van der Waals surface area contributed by atoms with Gasteiger partial charge in [-0.2, -0.15) is 8.42 Å². The van der Waals surface area contributed by atoms with Crippen molar-refractivity contribution in [3.05, 3.63) is 30.1 Å². The normalized spacial score (nSPS) is 11.6. The van der Waals surface area contributed by atoms with Crippen molar-refractivity contribution in [1.29, 1.82) is 0 Å². The molecule has 1 rings (SSSR count). The van der Waals surface area contributed by atoms with Crippen molar-refractivity contribution >= 4 is 10.1 Å². The first-order valence-corrected chi connectivity index (χ1v) is 6.17. The van der Waals surface area contributed by atoms with Gasteiger partial charge in [-0.05, 0) is 0 Å². The summed E-state index contributed by atoms with van der Waals surface area (Å²) in [6.07, 6.45) is 2.00. The highest BCUT2D eigenvalue weighted by Gasteiger charge is 2.12. The van der Waals surface area contributed by atoms with Crippen LogP contribution in [0.25, 0.3) is 0 Å². The average molecular weight is 232 g/mol. The molecule has 2 N–H and O–H groups in total. The van der Waals surface area contributed by atoms with Gasteiger partial charge in [-0.15, -0.1) is 0 Å². The van der Waals surface area contributed by atoms with E-state index in [1.165, 1.54) is 0 Å². The van der Waals surface area contributed by atoms with E-state index in [4.69, 9.17) is 9.66 Å². The Bertz CT molecular complexity index is 416. The van der Waals surface area contributed by atoms with Crippen molar-refractivity contribution in [2.75, 3.05) is 12.4 Å².